The summed E-state index contributed by atoms with van der Waals surface area (Å²) in [4.78, 5) is 12.2. The quantitative estimate of drug-likeness (QED) is 0.715. The van der Waals surface area contributed by atoms with Gasteiger partial charge in [0.25, 0.3) is 0 Å². The van der Waals surface area contributed by atoms with Gasteiger partial charge in [0.1, 0.15) is 5.75 Å². The minimum Gasteiger partial charge on any atom is -0.494 e. The number of aromatic nitrogens is 1. The Morgan fingerprint density at radius 3 is 2.62 bits per heavy atom. The molecule has 1 aromatic heterocycles. The molecule has 0 unspecified atom stereocenters. The molecule has 0 saturated carbocycles. The molecule has 0 atom stereocenters. The van der Waals surface area contributed by atoms with Crippen LogP contribution in [-0.2, 0) is 6.54 Å². The van der Waals surface area contributed by atoms with Crippen LogP contribution in [0.3, 0.4) is 0 Å². The Labute approximate surface area is 127 Å². The van der Waals surface area contributed by atoms with Crippen molar-refractivity contribution in [3.05, 3.63) is 63.8 Å². The fourth-order valence-electron chi connectivity index (χ4n) is 2.26. The summed E-state index contributed by atoms with van der Waals surface area (Å²) in [6.07, 6.45) is 0.998. The molecule has 0 saturated heterocycles. The van der Waals surface area contributed by atoms with Crippen molar-refractivity contribution in [2.75, 3.05) is 6.61 Å². The fraction of sp³-hybridized carbons (Fsp3) is 0.235. The molecule has 0 spiro atoms. The zero-order valence-corrected chi connectivity index (χ0v) is 12.7. The molecule has 2 aromatic carbocycles. The molecule has 0 aliphatic carbocycles. The van der Waals surface area contributed by atoms with Gasteiger partial charge in [-0.3, -0.25) is 9.36 Å². The third-order valence-corrected chi connectivity index (χ3v) is 4.27. The van der Waals surface area contributed by atoms with E-state index < -0.39 is 0 Å². The molecular weight excluding hydrogens is 282 g/mol. The van der Waals surface area contributed by atoms with Crippen LogP contribution in [0.4, 0.5) is 0 Å². The number of ether oxygens (including phenoxy) is 1. The van der Waals surface area contributed by atoms with E-state index in [9.17, 15) is 4.79 Å². The molecule has 1 heterocycles. The highest BCUT2D eigenvalue weighted by molar-refractivity contribution is 7.16. The number of para-hydroxylation sites is 1. The number of thiazole rings is 1. The Kier molecular flexibility index (Phi) is 4.06. The molecule has 108 valence electrons. The van der Waals surface area contributed by atoms with Crippen molar-refractivity contribution in [2.45, 2.75) is 19.9 Å². The minimum absolute atomic E-state index is 0.0857. The number of nitrogens with zero attached hydrogens (tertiary/aromatic N) is 1. The van der Waals surface area contributed by atoms with Gasteiger partial charge < -0.3 is 4.74 Å². The van der Waals surface area contributed by atoms with Crippen LogP contribution in [0, 0.1) is 0 Å². The number of fused-ring (bicyclic) bond motifs is 1. The molecule has 3 aromatic rings. The lowest BCUT2D eigenvalue weighted by atomic mass is 10.2. The monoisotopic (exact) mass is 299 g/mol. The second kappa shape index (κ2) is 6.14. The molecule has 0 fully saturated rings. The predicted molar refractivity (Wildman–Crippen MR) is 87.4 cm³/mol. The lowest BCUT2D eigenvalue weighted by Crippen LogP contribution is -2.13. The van der Waals surface area contributed by atoms with Gasteiger partial charge in [-0.2, -0.15) is 0 Å². The Balaban J connectivity index is 1.85. The van der Waals surface area contributed by atoms with Gasteiger partial charge in [-0.05, 0) is 36.2 Å². The maximum Gasteiger partial charge on any atom is 0.308 e. The molecule has 0 aliphatic heterocycles. The van der Waals surface area contributed by atoms with Crippen molar-refractivity contribution >= 4 is 21.6 Å². The van der Waals surface area contributed by atoms with Gasteiger partial charge >= 0.3 is 4.87 Å². The van der Waals surface area contributed by atoms with Gasteiger partial charge in [-0.1, -0.05) is 42.5 Å². The van der Waals surface area contributed by atoms with E-state index in [4.69, 9.17) is 4.74 Å². The summed E-state index contributed by atoms with van der Waals surface area (Å²) < 4.78 is 8.43. The standard InChI is InChI=1S/C17H17NO2S/c1-2-11-20-14-9-7-13(8-10-14)12-18-15-5-3-4-6-16(15)21-17(18)19/h3-10H,2,11-12H2,1H3. The smallest absolute Gasteiger partial charge is 0.308 e. The number of rotatable bonds is 5. The van der Waals surface area contributed by atoms with Gasteiger partial charge in [-0.15, -0.1) is 0 Å². The minimum atomic E-state index is 0.0857. The van der Waals surface area contributed by atoms with Gasteiger partial charge in [0.2, 0.25) is 0 Å². The Morgan fingerprint density at radius 1 is 1.10 bits per heavy atom. The number of benzene rings is 2. The molecule has 21 heavy (non-hydrogen) atoms. The van der Waals surface area contributed by atoms with Crippen LogP contribution < -0.4 is 9.61 Å². The Hall–Kier alpha value is -2.07. The highest BCUT2D eigenvalue weighted by Gasteiger charge is 2.07. The van der Waals surface area contributed by atoms with Crippen LogP contribution in [-0.4, -0.2) is 11.2 Å². The Morgan fingerprint density at radius 2 is 1.86 bits per heavy atom. The summed E-state index contributed by atoms with van der Waals surface area (Å²) in [5.41, 5.74) is 2.10. The zero-order valence-electron chi connectivity index (χ0n) is 11.9. The largest absolute Gasteiger partial charge is 0.494 e. The first-order chi connectivity index (χ1) is 10.3. The second-order valence-electron chi connectivity index (χ2n) is 4.91. The third-order valence-electron chi connectivity index (χ3n) is 3.31. The SMILES string of the molecule is CCCOc1ccc(Cn2c(=O)sc3ccccc32)cc1. The summed E-state index contributed by atoms with van der Waals surface area (Å²) in [5.74, 6) is 0.878. The lowest BCUT2D eigenvalue weighted by Gasteiger charge is -2.07. The van der Waals surface area contributed by atoms with E-state index in [1.54, 1.807) is 0 Å². The van der Waals surface area contributed by atoms with Crippen LogP contribution in [0.15, 0.2) is 53.3 Å². The van der Waals surface area contributed by atoms with Gasteiger partial charge in [0.15, 0.2) is 0 Å². The topological polar surface area (TPSA) is 31.2 Å². The Bertz CT molecular complexity index is 786. The highest BCUT2D eigenvalue weighted by atomic mass is 32.1. The molecule has 3 rings (SSSR count). The maximum atomic E-state index is 12.1. The van der Waals surface area contributed by atoms with Gasteiger partial charge in [-0.25, -0.2) is 0 Å². The van der Waals surface area contributed by atoms with E-state index in [1.165, 1.54) is 11.3 Å². The fourth-order valence-corrected chi connectivity index (χ4v) is 3.15. The van der Waals surface area contributed by atoms with E-state index in [1.807, 2.05) is 53.1 Å². The predicted octanol–water partition coefficient (Wildman–Crippen LogP) is 3.90. The van der Waals surface area contributed by atoms with Crippen LogP contribution >= 0.6 is 11.3 Å². The van der Waals surface area contributed by atoms with Crippen LogP contribution in [0.25, 0.3) is 10.2 Å². The molecule has 0 bridgehead atoms. The second-order valence-corrected chi connectivity index (χ2v) is 5.91. The lowest BCUT2D eigenvalue weighted by molar-refractivity contribution is 0.317. The maximum absolute atomic E-state index is 12.1. The first kappa shape index (κ1) is 13.9. The van der Waals surface area contributed by atoms with E-state index in [0.29, 0.717) is 6.54 Å². The van der Waals surface area contributed by atoms with Crippen molar-refractivity contribution in [3.63, 3.8) is 0 Å². The van der Waals surface area contributed by atoms with E-state index >= 15 is 0 Å². The molecular formula is C17H17NO2S. The van der Waals surface area contributed by atoms with E-state index in [2.05, 4.69) is 6.92 Å². The van der Waals surface area contributed by atoms with Crippen molar-refractivity contribution in [3.8, 4) is 5.75 Å². The highest BCUT2D eigenvalue weighted by Crippen LogP contribution is 2.19. The van der Waals surface area contributed by atoms with Crippen molar-refractivity contribution < 1.29 is 4.74 Å². The molecule has 0 amide bonds. The van der Waals surface area contributed by atoms with Crippen molar-refractivity contribution in [2.24, 2.45) is 0 Å². The molecule has 4 heteroatoms. The van der Waals surface area contributed by atoms with Crippen molar-refractivity contribution in [1.82, 2.24) is 4.57 Å². The first-order valence-electron chi connectivity index (χ1n) is 7.08. The van der Waals surface area contributed by atoms with Crippen LogP contribution in [0.1, 0.15) is 18.9 Å². The molecule has 0 aliphatic rings. The molecule has 3 nitrogen and oxygen atoms in total. The average Bonchev–Trinajstić information content (AvgIpc) is 2.83. The normalized spacial score (nSPS) is 10.9. The number of hydrogen-bond donors (Lipinski definition) is 0. The number of hydrogen-bond acceptors (Lipinski definition) is 3. The van der Waals surface area contributed by atoms with Crippen LogP contribution in [0.5, 0.6) is 5.75 Å². The van der Waals surface area contributed by atoms with E-state index in [-0.39, 0.29) is 4.87 Å². The summed E-state index contributed by atoms with van der Waals surface area (Å²) >= 11 is 1.29. The summed E-state index contributed by atoms with van der Waals surface area (Å²) in [5, 5.41) is 0. The first-order valence-corrected chi connectivity index (χ1v) is 7.89. The summed E-state index contributed by atoms with van der Waals surface area (Å²) in [6, 6.07) is 15.9. The van der Waals surface area contributed by atoms with Gasteiger partial charge in [0, 0.05) is 0 Å². The van der Waals surface area contributed by atoms with E-state index in [0.717, 1.165) is 34.6 Å². The van der Waals surface area contributed by atoms with Crippen LogP contribution in [0.2, 0.25) is 0 Å². The summed E-state index contributed by atoms with van der Waals surface area (Å²) in [7, 11) is 0. The molecule has 0 radical (unpaired) electrons. The zero-order chi connectivity index (χ0) is 14.7. The average molecular weight is 299 g/mol. The van der Waals surface area contributed by atoms with Crippen molar-refractivity contribution in [1.29, 1.82) is 0 Å². The molecule has 0 N–H and O–H groups in total. The summed E-state index contributed by atoms with van der Waals surface area (Å²) in [6.45, 7) is 3.41. The third kappa shape index (κ3) is 3.00. The van der Waals surface area contributed by atoms with Gasteiger partial charge in [0.05, 0.1) is 23.4 Å².